The van der Waals surface area contributed by atoms with E-state index in [9.17, 15) is 4.79 Å². The SMILES string of the molecule is CCCNC1COCC1C(=O)NCC1(SC)CCCCC1. The summed E-state index contributed by atoms with van der Waals surface area (Å²) in [6.07, 6.45) is 9.66. The molecule has 1 saturated carbocycles. The molecule has 1 aliphatic heterocycles. The number of amides is 1. The van der Waals surface area contributed by atoms with Gasteiger partial charge in [0.05, 0.1) is 19.1 Å². The van der Waals surface area contributed by atoms with Crippen LogP contribution < -0.4 is 10.6 Å². The van der Waals surface area contributed by atoms with Gasteiger partial charge in [-0.3, -0.25) is 4.79 Å². The van der Waals surface area contributed by atoms with Crippen molar-refractivity contribution in [1.82, 2.24) is 10.6 Å². The van der Waals surface area contributed by atoms with Crippen molar-refractivity contribution in [2.45, 2.75) is 56.2 Å². The molecular weight excluding hydrogens is 284 g/mol. The number of ether oxygens (including phenoxy) is 1. The Labute approximate surface area is 133 Å². The van der Waals surface area contributed by atoms with Crippen LogP contribution in [0, 0.1) is 5.92 Å². The van der Waals surface area contributed by atoms with E-state index in [1.165, 1.54) is 32.1 Å². The van der Waals surface area contributed by atoms with Gasteiger partial charge in [-0.25, -0.2) is 0 Å². The van der Waals surface area contributed by atoms with Crippen molar-refractivity contribution in [2.75, 3.05) is 32.6 Å². The molecule has 0 bridgehead atoms. The lowest BCUT2D eigenvalue weighted by molar-refractivity contribution is -0.125. The molecule has 0 aromatic rings. The molecule has 0 spiro atoms. The number of hydrogen-bond acceptors (Lipinski definition) is 4. The average Bonchev–Trinajstić information content (AvgIpc) is 3.00. The molecule has 5 heteroatoms. The van der Waals surface area contributed by atoms with E-state index in [1.807, 2.05) is 11.8 Å². The summed E-state index contributed by atoms with van der Waals surface area (Å²) in [4.78, 5) is 12.5. The summed E-state index contributed by atoms with van der Waals surface area (Å²) in [6.45, 7) is 5.12. The van der Waals surface area contributed by atoms with E-state index in [1.54, 1.807) is 0 Å². The van der Waals surface area contributed by atoms with Gasteiger partial charge in [0.25, 0.3) is 0 Å². The molecule has 2 rings (SSSR count). The number of rotatable bonds is 7. The van der Waals surface area contributed by atoms with E-state index in [4.69, 9.17) is 4.74 Å². The summed E-state index contributed by atoms with van der Waals surface area (Å²) in [5.41, 5.74) is 0. The van der Waals surface area contributed by atoms with Crippen LogP contribution in [0.2, 0.25) is 0 Å². The Morgan fingerprint density at radius 3 is 2.71 bits per heavy atom. The maximum Gasteiger partial charge on any atom is 0.227 e. The number of hydrogen-bond donors (Lipinski definition) is 2. The van der Waals surface area contributed by atoms with Crippen LogP contribution >= 0.6 is 11.8 Å². The van der Waals surface area contributed by atoms with Crippen LogP contribution in [0.3, 0.4) is 0 Å². The third kappa shape index (κ3) is 4.60. The molecule has 0 radical (unpaired) electrons. The van der Waals surface area contributed by atoms with Gasteiger partial charge in [0, 0.05) is 17.3 Å². The minimum atomic E-state index is -0.0287. The number of thioether (sulfide) groups is 1. The van der Waals surface area contributed by atoms with Crippen molar-refractivity contribution in [1.29, 1.82) is 0 Å². The Morgan fingerprint density at radius 2 is 2.05 bits per heavy atom. The average molecular weight is 314 g/mol. The third-order valence-electron chi connectivity index (χ3n) is 4.86. The zero-order chi connectivity index (χ0) is 15.1. The molecule has 1 amide bonds. The molecule has 2 fully saturated rings. The monoisotopic (exact) mass is 314 g/mol. The van der Waals surface area contributed by atoms with Gasteiger partial charge in [-0.1, -0.05) is 26.2 Å². The summed E-state index contributed by atoms with van der Waals surface area (Å²) in [7, 11) is 0. The maximum atomic E-state index is 12.5. The van der Waals surface area contributed by atoms with Crippen molar-refractivity contribution >= 4 is 17.7 Å². The Hall–Kier alpha value is -0.260. The van der Waals surface area contributed by atoms with Crippen molar-refractivity contribution in [3.8, 4) is 0 Å². The lowest BCUT2D eigenvalue weighted by Gasteiger charge is -2.36. The summed E-state index contributed by atoms with van der Waals surface area (Å²) in [5, 5.41) is 6.65. The Balaban J connectivity index is 1.82. The fraction of sp³-hybridized carbons (Fsp3) is 0.938. The van der Waals surface area contributed by atoms with Crippen LogP contribution in [0.5, 0.6) is 0 Å². The highest BCUT2D eigenvalue weighted by Crippen LogP contribution is 2.38. The molecule has 2 aliphatic rings. The molecular formula is C16H30N2O2S. The summed E-state index contributed by atoms with van der Waals surface area (Å²) in [5.74, 6) is 0.138. The van der Waals surface area contributed by atoms with E-state index in [2.05, 4.69) is 23.8 Å². The largest absolute Gasteiger partial charge is 0.379 e. The standard InChI is InChI=1S/C16H30N2O2S/c1-3-9-17-14-11-20-10-13(14)15(19)18-12-16(21-2)7-5-4-6-8-16/h13-14,17H,3-12H2,1-2H3,(H,18,19). The summed E-state index contributed by atoms with van der Waals surface area (Å²) < 4.78 is 5.77. The van der Waals surface area contributed by atoms with Gasteiger partial charge >= 0.3 is 0 Å². The Morgan fingerprint density at radius 1 is 1.29 bits per heavy atom. The van der Waals surface area contributed by atoms with Gasteiger partial charge in [-0.2, -0.15) is 11.8 Å². The van der Waals surface area contributed by atoms with Crippen molar-refractivity contribution < 1.29 is 9.53 Å². The Kier molecular flexibility index (Phi) is 6.83. The minimum Gasteiger partial charge on any atom is -0.379 e. The maximum absolute atomic E-state index is 12.5. The third-order valence-corrected chi connectivity index (χ3v) is 6.28. The van der Waals surface area contributed by atoms with Gasteiger partial charge < -0.3 is 15.4 Å². The van der Waals surface area contributed by atoms with Crippen molar-refractivity contribution in [3.63, 3.8) is 0 Å². The molecule has 2 unspecified atom stereocenters. The highest BCUT2D eigenvalue weighted by atomic mass is 32.2. The fourth-order valence-electron chi connectivity index (χ4n) is 3.37. The van der Waals surface area contributed by atoms with Crippen molar-refractivity contribution in [3.05, 3.63) is 0 Å². The first-order chi connectivity index (χ1) is 10.2. The number of carbonyl (C=O) groups is 1. The van der Waals surface area contributed by atoms with Gasteiger partial charge in [0.15, 0.2) is 0 Å². The van der Waals surface area contributed by atoms with Crippen molar-refractivity contribution in [2.24, 2.45) is 5.92 Å². The quantitative estimate of drug-likeness (QED) is 0.756. The van der Waals surface area contributed by atoms with Crippen LogP contribution in [0.4, 0.5) is 0 Å². The van der Waals surface area contributed by atoms with Crippen LogP contribution in [0.25, 0.3) is 0 Å². The van der Waals surface area contributed by atoms with E-state index in [0.717, 1.165) is 19.5 Å². The molecule has 1 heterocycles. The van der Waals surface area contributed by atoms with E-state index < -0.39 is 0 Å². The molecule has 122 valence electrons. The second-order valence-corrected chi connectivity index (χ2v) is 7.64. The first-order valence-corrected chi connectivity index (χ1v) is 9.57. The summed E-state index contributed by atoms with van der Waals surface area (Å²) >= 11 is 1.93. The zero-order valence-corrected chi connectivity index (χ0v) is 14.3. The molecule has 0 aromatic carbocycles. The molecule has 1 saturated heterocycles. The summed E-state index contributed by atoms with van der Waals surface area (Å²) in [6, 6.07) is 0.182. The smallest absolute Gasteiger partial charge is 0.227 e. The first-order valence-electron chi connectivity index (χ1n) is 8.35. The number of nitrogens with one attached hydrogen (secondary N) is 2. The molecule has 2 atom stereocenters. The van der Waals surface area contributed by atoms with Crippen LogP contribution in [-0.4, -0.2) is 49.3 Å². The number of carbonyl (C=O) groups excluding carboxylic acids is 1. The highest BCUT2D eigenvalue weighted by Gasteiger charge is 2.36. The van der Waals surface area contributed by atoms with Gasteiger partial charge in [-0.15, -0.1) is 0 Å². The molecule has 1 aliphatic carbocycles. The van der Waals surface area contributed by atoms with E-state index in [-0.39, 0.29) is 22.6 Å². The molecule has 4 nitrogen and oxygen atoms in total. The lowest BCUT2D eigenvalue weighted by atomic mass is 9.88. The van der Waals surface area contributed by atoms with Gasteiger partial charge in [-0.05, 0) is 32.1 Å². The second kappa shape index (κ2) is 8.39. The predicted molar refractivity (Wildman–Crippen MR) is 88.7 cm³/mol. The Bertz CT molecular complexity index is 332. The van der Waals surface area contributed by atoms with Crippen LogP contribution in [0.15, 0.2) is 0 Å². The topological polar surface area (TPSA) is 50.4 Å². The lowest BCUT2D eigenvalue weighted by Crippen LogP contribution is -2.48. The second-order valence-electron chi connectivity index (χ2n) is 6.37. The minimum absolute atomic E-state index is 0.0287. The molecule has 21 heavy (non-hydrogen) atoms. The fourth-order valence-corrected chi connectivity index (χ4v) is 4.29. The zero-order valence-electron chi connectivity index (χ0n) is 13.5. The van der Waals surface area contributed by atoms with E-state index in [0.29, 0.717) is 13.2 Å². The van der Waals surface area contributed by atoms with Crippen LogP contribution in [0.1, 0.15) is 45.4 Å². The molecule has 0 aromatic heterocycles. The van der Waals surface area contributed by atoms with Crippen LogP contribution in [-0.2, 0) is 9.53 Å². The van der Waals surface area contributed by atoms with Gasteiger partial charge in [0.1, 0.15) is 0 Å². The highest BCUT2D eigenvalue weighted by molar-refractivity contribution is 8.00. The first kappa shape index (κ1) is 17.1. The van der Waals surface area contributed by atoms with Gasteiger partial charge in [0.2, 0.25) is 5.91 Å². The normalized spacial score (nSPS) is 28.5. The molecule has 2 N–H and O–H groups in total. The predicted octanol–water partition coefficient (Wildman–Crippen LogP) is 2.18. The van der Waals surface area contributed by atoms with E-state index >= 15 is 0 Å².